The van der Waals surface area contributed by atoms with Gasteiger partial charge < -0.3 is 4.42 Å². The third-order valence-corrected chi connectivity index (χ3v) is 8.50. The zero-order chi connectivity index (χ0) is 29.7. The van der Waals surface area contributed by atoms with Crippen molar-refractivity contribution in [2.45, 2.75) is 0 Å². The lowest BCUT2D eigenvalue weighted by Crippen LogP contribution is -2.00. The number of hydrogen-bond donors (Lipinski definition) is 0. The Kier molecular flexibility index (Phi) is 5.78. The molecular weight excluding hydrogens is 550 g/mol. The van der Waals surface area contributed by atoms with Crippen molar-refractivity contribution < 1.29 is 4.42 Å². The van der Waals surface area contributed by atoms with Crippen LogP contribution in [0.3, 0.4) is 0 Å². The first-order valence-corrected chi connectivity index (χ1v) is 15.0. The molecule has 0 radical (unpaired) electrons. The second kappa shape index (κ2) is 10.2. The van der Waals surface area contributed by atoms with Gasteiger partial charge >= 0.3 is 0 Å². The van der Waals surface area contributed by atoms with Crippen LogP contribution in [-0.4, -0.2) is 15.0 Å². The number of rotatable bonds is 4. The van der Waals surface area contributed by atoms with Gasteiger partial charge in [-0.1, -0.05) is 115 Å². The van der Waals surface area contributed by atoms with Crippen LogP contribution < -0.4 is 0 Å². The highest BCUT2D eigenvalue weighted by atomic mass is 16.3. The topological polar surface area (TPSA) is 51.8 Å². The summed E-state index contributed by atoms with van der Waals surface area (Å²) >= 11 is 0. The quantitative estimate of drug-likeness (QED) is 0.209. The molecule has 0 saturated carbocycles. The van der Waals surface area contributed by atoms with E-state index in [-0.39, 0.29) is 0 Å². The van der Waals surface area contributed by atoms with E-state index in [1.54, 1.807) is 0 Å². The van der Waals surface area contributed by atoms with Gasteiger partial charge in [0.1, 0.15) is 11.2 Å². The molecule has 0 bridgehead atoms. The van der Waals surface area contributed by atoms with E-state index in [1.165, 1.54) is 21.7 Å². The average Bonchev–Trinajstić information content (AvgIpc) is 3.48. The predicted molar refractivity (Wildman–Crippen MR) is 184 cm³/mol. The van der Waals surface area contributed by atoms with Gasteiger partial charge in [-0.25, -0.2) is 15.0 Å². The Morgan fingerprint density at radius 1 is 0.333 bits per heavy atom. The lowest BCUT2D eigenvalue weighted by Gasteiger charge is -2.09. The molecule has 9 rings (SSSR count). The van der Waals surface area contributed by atoms with Crippen LogP contribution in [-0.2, 0) is 0 Å². The summed E-state index contributed by atoms with van der Waals surface area (Å²) in [6.07, 6.45) is 0. The summed E-state index contributed by atoms with van der Waals surface area (Å²) in [5.74, 6) is 1.90. The molecule has 45 heavy (non-hydrogen) atoms. The van der Waals surface area contributed by atoms with E-state index in [1.807, 2.05) is 42.5 Å². The highest BCUT2D eigenvalue weighted by molar-refractivity contribution is 6.08. The molecule has 2 heterocycles. The van der Waals surface area contributed by atoms with Gasteiger partial charge in [0.05, 0.1) is 0 Å². The minimum atomic E-state index is 0.619. The normalized spacial score (nSPS) is 11.6. The molecule has 0 saturated heterocycles. The molecule has 4 nitrogen and oxygen atoms in total. The number of nitrogens with zero attached hydrogens (tertiary/aromatic N) is 3. The third kappa shape index (κ3) is 4.43. The summed E-state index contributed by atoms with van der Waals surface area (Å²) in [6, 6.07) is 52.3. The van der Waals surface area contributed by atoms with Crippen LogP contribution in [0.4, 0.5) is 0 Å². The Labute approximate surface area is 259 Å². The van der Waals surface area contributed by atoms with E-state index in [9.17, 15) is 0 Å². The maximum atomic E-state index is 6.30. The fourth-order valence-electron chi connectivity index (χ4n) is 6.24. The van der Waals surface area contributed by atoms with E-state index < -0.39 is 0 Å². The highest BCUT2D eigenvalue weighted by Gasteiger charge is 2.16. The smallest absolute Gasteiger partial charge is 0.164 e. The summed E-state index contributed by atoms with van der Waals surface area (Å²) in [7, 11) is 0. The van der Waals surface area contributed by atoms with Crippen molar-refractivity contribution >= 4 is 43.5 Å². The van der Waals surface area contributed by atoms with E-state index >= 15 is 0 Å². The van der Waals surface area contributed by atoms with Gasteiger partial charge in [-0.15, -0.1) is 0 Å². The minimum Gasteiger partial charge on any atom is -0.456 e. The lowest BCUT2D eigenvalue weighted by atomic mass is 9.97. The lowest BCUT2D eigenvalue weighted by molar-refractivity contribution is 0.669. The molecule has 210 valence electrons. The fraction of sp³-hybridized carbons (Fsp3) is 0. The highest BCUT2D eigenvalue weighted by Crippen LogP contribution is 2.37. The van der Waals surface area contributed by atoms with Gasteiger partial charge in [0.2, 0.25) is 0 Å². The Morgan fingerprint density at radius 3 is 1.67 bits per heavy atom. The predicted octanol–water partition coefficient (Wildman–Crippen LogP) is 10.7. The Balaban J connectivity index is 1.22. The summed E-state index contributed by atoms with van der Waals surface area (Å²) in [4.78, 5) is 14.9. The second-order valence-electron chi connectivity index (χ2n) is 11.3. The number of benzene rings is 7. The van der Waals surface area contributed by atoms with Gasteiger partial charge in [-0.2, -0.15) is 0 Å². The van der Waals surface area contributed by atoms with Crippen LogP contribution in [0.15, 0.2) is 156 Å². The standard InChI is InChI=1S/C41H25N3O/c1-2-11-28(12-3-1)39-42-40(31-18-17-26-9-4-5-13-29(26)23-31)44-41(43-39)32-20-22-38-36(25-32)35-24-30(19-21-37(35)45-38)34-16-8-14-27-10-6-7-15-33(27)34/h1-25H. The Hall–Kier alpha value is -6.13. The molecule has 7 aromatic carbocycles. The molecule has 0 aliphatic carbocycles. The van der Waals surface area contributed by atoms with Crippen molar-refractivity contribution in [2.24, 2.45) is 0 Å². The van der Waals surface area contributed by atoms with Crippen LogP contribution in [0.2, 0.25) is 0 Å². The van der Waals surface area contributed by atoms with E-state index in [0.717, 1.165) is 49.6 Å². The Bertz CT molecular complexity index is 2540. The summed E-state index contributed by atoms with van der Waals surface area (Å²) in [6.45, 7) is 0. The molecule has 0 N–H and O–H groups in total. The van der Waals surface area contributed by atoms with Gasteiger partial charge in [-0.3, -0.25) is 0 Å². The molecule has 0 unspecified atom stereocenters. The average molecular weight is 576 g/mol. The molecule has 0 spiro atoms. The third-order valence-electron chi connectivity index (χ3n) is 8.50. The summed E-state index contributed by atoms with van der Waals surface area (Å²) in [5.41, 5.74) is 6.83. The van der Waals surface area contributed by atoms with Crippen molar-refractivity contribution in [2.75, 3.05) is 0 Å². The molecule has 0 fully saturated rings. The Morgan fingerprint density at radius 2 is 0.889 bits per heavy atom. The van der Waals surface area contributed by atoms with Crippen LogP contribution in [0.25, 0.3) is 88.8 Å². The van der Waals surface area contributed by atoms with Crippen molar-refractivity contribution in [3.05, 3.63) is 152 Å². The van der Waals surface area contributed by atoms with E-state index in [2.05, 4.69) is 109 Å². The largest absolute Gasteiger partial charge is 0.456 e. The zero-order valence-electron chi connectivity index (χ0n) is 24.2. The molecular formula is C41H25N3O. The second-order valence-corrected chi connectivity index (χ2v) is 11.3. The molecule has 2 aromatic heterocycles. The molecule has 0 aliphatic rings. The molecule has 4 heteroatoms. The van der Waals surface area contributed by atoms with Crippen molar-refractivity contribution in [1.29, 1.82) is 0 Å². The van der Waals surface area contributed by atoms with Gasteiger partial charge in [0.15, 0.2) is 17.5 Å². The van der Waals surface area contributed by atoms with Crippen LogP contribution in [0.5, 0.6) is 0 Å². The fourth-order valence-corrected chi connectivity index (χ4v) is 6.24. The van der Waals surface area contributed by atoms with Crippen LogP contribution in [0, 0.1) is 0 Å². The number of fused-ring (bicyclic) bond motifs is 5. The van der Waals surface area contributed by atoms with Crippen molar-refractivity contribution in [3.63, 3.8) is 0 Å². The number of aromatic nitrogens is 3. The maximum Gasteiger partial charge on any atom is 0.164 e. The van der Waals surface area contributed by atoms with Gasteiger partial charge in [-0.05, 0) is 69.1 Å². The van der Waals surface area contributed by atoms with Crippen molar-refractivity contribution in [3.8, 4) is 45.3 Å². The van der Waals surface area contributed by atoms with Gasteiger partial charge in [0.25, 0.3) is 0 Å². The molecule has 0 atom stereocenters. The summed E-state index contributed by atoms with van der Waals surface area (Å²) in [5, 5.41) is 6.86. The van der Waals surface area contributed by atoms with Crippen molar-refractivity contribution in [1.82, 2.24) is 15.0 Å². The molecule has 0 amide bonds. The van der Waals surface area contributed by atoms with Crippen LogP contribution in [0.1, 0.15) is 0 Å². The molecule has 0 aliphatic heterocycles. The first kappa shape index (κ1) is 25.4. The van der Waals surface area contributed by atoms with E-state index in [4.69, 9.17) is 19.4 Å². The zero-order valence-corrected chi connectivity index (χ0v) is 24.2. The minimum absolute atomic E-state index is 0.619. The van der Waals surface area contributed by atoms with E-state index in [0.29, 0.717) is 17.5 Å². The summed E-state index contributed by atoms with van der Waals surface area (Å²) < 4.78 is 6.30. The first-order valence-electron chi connectivity index (χ1n) is 15.0. The monoisotopic (exact) mass is 575 g/mol. The maximum absolute atomic E-state index is 6.30. The number of furan rings is 1. The van der Waals surface area contributed by atoms with Gasteiger partial charge in [0, 0.05) is 27.5 Å². The van der Waals surface area contributed by atoms with Crippen LogP contribution >= 0.6 is 0 Å². The SMILES string of the molecule is c1ccc(-c2nc(-c3ccc4ccccc4c3)nc(-c3ccc4oc5ccc(-c6cccc7ccccc67)cc5c4c3)n2)cc1. The number of hydrogen-bond acceptors (Lipinski definition) is 4. The molecule has 9 aromatic rings. The first-order chi connectivity index (χ1) is 22.3.